The minimum Gasteiger partial charge on any atom is -0.368 e. The molecule has 1 fully saturated rings. The molecule has 0 atom stereocenters. The monoisotopic (exact) mass is 292 g/mol. The van der Waals surface area contributed by atoms with Crippen molar-refractivity contribution in [3.05, 3.63) is 5.28 Å². The number of nitrogen functional groups attached to an aromatic ring is 1. The molecular formula is C8H13ClN6O2S. The van der Waals surface area contributed by atoms with Crippen LogP contribution in [0.2, 0.25) is 5.28 Å². The normalized spacial score (nSPS) is 18.0. The molecule has 0 saturated carbocycles. The van der Waals surface area contributed by atoms with Crippen molar-refractivity contribution >= 4 is 33.5 Å². The summed E-state index contributed by atoms with van der Waals surface area (Å²) < 4.78 is 24.1. The fourth-order valence-electron chi connectivity index (χ4n) is 1.72. The van der Waals surface area contributed by atoms with Crippen molar-refractivity contribution in [2.45, 2.75) is 0 Å². The van der Waals surface area contributed by atoms with Gasteiger partial charge in [-0.2, -0.15) is 19.3 Å². The first-order valence-electron chi connectivity index (χ1n) is 5.23. The van der Waals surface area contributed by atoms with Crippen LogP contribution in [0.1, 0.15) is 0 Å². The molecule has 10 heteroatoms. The largest absolute Gasteiger partial charge is 0.368 e. The average Bonchev–Trinajstić information content (AvgIpc) is 2.27. The van der Waals surface area contributed by atoms with E-state index in [1.54, 1.807) is 0 Å². The van der Waals surface area contributed by atoms with Gasteiger partial charge in [0.2, 0.25) is 27.2 Å². The number of nitrogens with two attached hydrogens (primary N) is 1. The maximum Gasteiger partial charge on any atom is 0.231 e. The molecule has 1 aromatic heterocycles. The van der Waals surface area contributed by atoms with E-state index >= 15 is 0 Å². The lowest BCUT2D eigenvalue weighted by atomic mass is 10.4. The molecule has 0 radical (unpaired) electrons. The molecule has 0 bridgehead atoms. The van der Waals surface area contributed by atoms with Crippen molar-refractivity contribution in [1.29, 1.82) is 0 Å². The topological polar surface area (TPSA) is 105 Å². The summed E-state index contributed by atoms with van der Waals surface area (Å²) in [6, 6.07) is 0. The van der Waals surface area contributed by atoms with Gasteiger partial charge < -0.3 is 10.6 Å². The van der Waals surface area contributed by atoms with E-state index in [4.69, 9.17) is 17.3 Å². The Morgan fingerprint density at radius 1 is 1.17 bits per heavy atom. The summed E-state index contributed by atoms with van der Waals surface area (Å²) in [6.45, 7) is 1.77. The van der Waals surface area contributed by atoms with Crippen LogP contribution < -0.4 is 10.6 Å². The van der Waals surface area contributed by atoms with Crippen LogP contribution in [0, 0.1) is 0 Å². The molecule has 0 amide bonds. The van der Waals surface area contributed by atoms with Gasteiger partial charge in [0.15, 0.2) is 0 Å². The highest BCUT2D eigenvalue weighted by atomic mass is 35.5. The van der Waals surface area contributed by atoms with Crippen molar-refractivity contribution in [2.75, 3.05) is 43.1 Å². The third kappa shape index (κ3) is 2.98. The van der Waals surface area contributed by atoms with Crippen LogP contribution in [0.15, 0.2) is 0 Å². The van der Waals surface area contributed by atoms with Gasteiger partial charge >= 0.3 is 0 Å². The van der Waals surface area contributed by atoms with Crippen LogP contribution in [0.5, 0.6) is 0 Å². The first-order chi connectivity index (χ1) is 8.36. The third-order valence-corrected chi connectivity index (χ3v) is 4.08. The lowest BCUT2D eigenvalue weighted by Gasteiger charge is -2.33. The van der Waals surface area contributed by atoms with Crippen LogP contribution in [0.4, 0.5) is 11.9 Å². The quantitative estimate of drug-likeness (QED) is 0.760. The Hall–Kier alpha value is -1.19. The molecule has 0 spiro atoms. The van der Waals surface area contributed by atoms with Gasteiger partial charge in [0.25, 0.3) is 0 Å². The first kappa shape index (κ1) is 13.2. The van der Waals surface area contributed by atoms with Gasteiger partial charge in [-0.25, -0.2) is 8.42 Å². The summed E-state index contributed by atoms with van der Waals surface area (Å²) in [7, 11) is -3.15. The molecule has 1 aliphatic heterocycles. The number of nitrogens with zero attached hydrogens (tertiary/aromatic N) is 5. The van der Waals surface area contributed by atoms with Gasteiger partial charge in [0, 0.05) is 26.2 Å². The second-order valence-corrected chi connectivity index (χ2v) is 6.23. The minimum atomic E-state index is -3.15. The predicted molar refractivity (Wildman–Crippen MR) is 67.9 cm³/mol. The molecule has 0 aromatic carbocycles. The van der Waals surface area contributed by atoms with E-state index in [2.05, 4.69) is 15.0 Å². The second kappa shape index (κ2) is 4.82. The Morgan fingerprint density at radius 3 is 2.28 bits per heavy atom. The van der Waals surface area contributed by atoms with Crippen molar-refractivity contribution < 1.29 is 8.42 Å². The number of rotatable bonds is 2. The summed E-state index contributed by atoms with van der Waals surface area (Å²) >= 11 is 5.70. The van der Waals surface area contributed by atoms with Crippen molar-refractivity contribution in [2.24, 2.45) is 0 Å². The van der Waals surface area contributed by atoms with Crippen molar-refractivity contribution in [3.63, 3.8) is 0 Å². The van der Waals surface area contributed by atoms with Gasteiger partial charge in [-0.1, -0.05) is 0 Å². The molecule has 100 valence electrons. The van der Waals surface area contributed by atoms with E-state index in [0.29, 0.717) is 32.1 Å². The molecule has 1 aromatic rings. The zero-order chi connectivity index (χ0) is 13.3. The number of sulfonamides is 1. The lowest BCUT2D eigenvalue weighted by molar-refractivity contribution is 0.385. The fourth-order valence-corrected chi connectivity index (χ4v) is 2.70. The summed E-state index contributed by atoms with van der Waals surface area (Å²) in [5.74, 6) is 0.427. The summed E-state index contributed by atoms with van der Waals surface area (Å²) in [4.78, 5) is 13.4. The van der Waals surface area contributed by atoms with Crippen LogP contribution in [0.3, 0.4) is 0 Å². The van der Waals surface area contributed by atoms with Crippen LogP contribution in [-0.4, -0.2) is 60.1 Å². The number of anilines is 2. The molecule has 0 unspecified atom stereocenters. The fraction of sp³-hybridized carbons (Fsp3) is 0.625. The van der Waals surface area contributed by atoms with Gasteiger partial charge in [-0.15, -0.1) is 0 Å². The Kier molecular flexibility index (Phi) is 3.55. The molecule has 18 heavy (non-hydrogen) atoms. The van der Waals surface area contributed by atoms with Crippen LogP contribution in [0.25, 0.3) is 0 Å². The molecule has 1 aliphatic rings. The molecular weight excluding hydrogens is 280 g/mol. The van der Waals surface area contributed by atoms with Crippen molar-refractivity contribution in [3.8, 4) is 0 Å². The van der Waals surface area contributed by atoms with E-state index < -0.39 is 10.0 Å². The first-order valence-corrected chi connectivity index (χ1v) is 7.46. The summed E-state index contributed by atoms with van der Waals surface area (Å²) in [5.41, 5.74) is 5.48. The zero-order valence-corrected chi connectivity index (χ0v) is 11.3. The molecule has 2 rings (SSSR count). The van der Waals surface area contributed by atoms with Gasteiger partial charge in [-0.3, -0.25) is 0 Å². The molecule has 2 N–H and O–H groups in total. The van der Waals surface area contributed by atoms with Crippen molar-refractivity contribution in [1.82, 2.24) is 19.3 Å². The Labute approximate surface area is 110 Å². The Bertz CT molecular complexity index is 522. The lowest BCUT2D eigenvalue weighted by Crippen LogP contribution is -2.48. The van der Waals surface area contributed by atoms with E-state index in [9.17, 15) is 8.42 Å². The van der Waals surface area contributed by atoms with Gasteiger partial charge in [0.1, 0.15) is 0 Å². The molecule has 0 aliphatic carbocycles. The predicted octanol–water partition coefficient (Wildman–Crippen LogP) is -0.811. The Balaban J connectivity index is 2.10. The number of hydrogen-bond donors (Lipinski definition) is 1. The zero-order valence-electron chi connectivity index (χ0n) is 9.74. The van der Waals surface area contributed by atoms with E-state index in [1.807, 2.05) is 4.90 Å². The SMILES string of the molecule is CS(=O)(=O)N1CCN(c2nc(N)nc(Cl)n2)CC1. The van der Waals surface area contributed by atoms with Crippen LogP contribution in [-0.2, 0) is 10.0 Å². The summed E-state index contributed by atoms with van der Waals surface area (Å²) in [5, 5.41) is 0.0306. The summed E-state index contributed by atoms with van der Waals surface area (Å²) in [6.07, 6.45) is 1.19. The molecule has 8 nitrogen and oxygen atoms in total. The average molecular weight is 293 g/mol. The van der Waals surface area contributed by atoms with E-state index in [1.165, 1.54) is 10.6 Å². The second-order valence-electron chi connectivity index (χ2n) is 3.91. The third-order valence-electron chi connectivity index (χ3n) is 2.60. The Morgan fingerprint density at radius 2 is 1.78 bits per heavy atom. The van der Waals surface area contributed by atoms with Gasteiger partial charge in [0.05, 0.1) is 6.26 Å². The smallest absolute Gasteiger partial charge is 0.231 e. The molecule has 2 heterocycles. The van der Waals surface area contributed by atoms with Crippen LogP contribution >= 0.6 is 11.6 Å². The highest BCUT2D eigenvalue weighted by molar-refractivity contribution is 7.88. The van der Waals surface area contributed by atoms with Gasteiger partial charge in [-0.05, 0) is 11.6 Å². The maximum atomic E-state index is 11.4. The highest BCUT2D eigenvalue weighted by Gasteiger charge is 2.25. The van der Waals surface area contributed by atoms with E-state index in [-0.39, 0.29) is 11.2 Å². The number of aromatic nitrogens is 3. The number of piperazine rings is 1. The number of hydrogen-bond acceptors (Lipinski definition) is 7. The highest BCUT2D eigenvalue weighted by Crippen LogP contribution is 2.15. The van der Waals surface area contributed by atoms with E-state index in [0.717, 1.165) is 0 Å². The molecule has 1 saturated heterocycles. The maximum absolute atomic E-state index is 11.4. The standard InChI is InChI=1S/C8H13ClN6O2S/c1-18(16,17)15-4-2-14(3-5-15)8-12-6(9)11-7(10)13-8/h2-5H2,1H3,(H2,10,11,12,13). The number of halogens is 1. The minimum absolute atomic E-state index is 0.0306.